The van der Waals surface area contributed by atoms with Gasteiger partial charge in [-0.3, -0.25) is 9.78 Å². The largest absolute Gasteiger partial charge is 0.322 e. The number of nitrogens with one attached hydrogen (secondary N) is 1. The summed E-state index contributed by atoms with van der Waals surface area (Å²) in [6.07, 6.45) is 1.69. The first-order valence-electron chi connectivity index (χ1n) is 9.49. The minimum atomic E-state index is -0.563. The van der Waals surface area contributed by atoms with Crippen molar-refractivity contribution in [1.82, 2.24) is 24.8 Å². The lowest BCUT2D eigenvalue weighted by molar-refractivity contribution is 0.102. The number of fused-ring (bicyclic) bond motifs is 1. The van der Waals surface area contributed by atoms with Crippen LogP contribution >= 0.6 is 0 Å². The van der Waals surface area contributed by atoms with Gasteiger partial charge >= 0.3 is 0 Å². The molecule has 0 atom stereocenters. The third-order valence-corrected chi connectivity index (χ3v) is 4.71. The molecule has 0 fully saturated rings. The Morgan fingerprint density at radius 1 is 0.839 bits per heavy atom. The summed E-state index contributed by atoms with van der Waals surface area (Å²) < 4.78 is 15.4. The van der Waals surface area contributed by atoms with Crippen molar-refractivity contribution in [1.29, 1.82) is 0 Å². The van der Waals surface area contributed by atoms with Crippen molar-refractivity contribution in [2.75, 3.05) is 5.32 Å². The van der Waals surface area contributed by atoms with E-state index in [4.69, 9.17) is 0 Å². The highest BCUT2D eigenvalue weighted by Crippen LogP contribution is 2.22. The van der Waals surface area contributed by atoms with Gasteiger partial charge in [0.1, 0.15) is 11.5 Å². The molecule has 150 valence electrons. The maximum absolute atomic E-state index is 13.8. The molecule has 1 N–H and O–H groups in total. The van der Waals surface area contributed by atoms with Crippen LogP contribution in [0.5, 0.6) is 0 Å². The molecular formula is C23H15FN6O. The Kier molecular flexibility index (Phi) is 4.64. The highest BCUT2D eigenvalue weighted by atomic mass is 19.1. The molecule has 31 heavy (non-hydrogen) atoms. The van der Waals surface area contributed by atoms with Crippen LogP contribution in [0.3, 0.4) is 0 Å². The zero-order valence-corrected chi connectivity index (χ0v) is 16.1. The van der Waals surface area contributed by atoms with E-state index in [1.54, 1.807) is 35.0 Å². The van der Waals surface area contributed by atoms with Crippen LogP contribution in [-0.4, -0.2) is 30.7 Å². The number of hydrogen-bond acceptors (Lipinski definition) is 5. The molecule has 8 heteroatoms. The standard InChI is InChI=1S/C23H15FN6O/c24-18-6-2-1-5-17(18)23(31)26-16-10-8-15(9-11-16)19-12-13-21-27-28-22(30(21)29-19)20-7-3-4-14-25-20/h1-14H,(H,26,31). The number of carbonyl (C=O) groups is 1. The number of amides is 1. The Hall–Kier alpha value is -4.46. The van der Waals surface area contributed by atoms with E-state index in [-0.39, 0.29) is 5.56 Å². The minimum Gasteiger partial charge on any atom is -0.322 e. The molecule has 3 aromatic heterocycles. The monoisotopic (exact) mass is 410 g/mol. The van der Waals surface area contributed by atoms with E-state index in [1.807, 2.05) is 42.5 Å². The van der Waals surface area contributed by atoms with Gasteiger partial charge < -0.3 is 5.32 Å². The van der Waals surface area contributed by atoms with Crippen molar-refractivity contribution < 1.29 is 9.18 Å². The molecule has 5 rings (SSSR count). The summed E-state index contributed by atoms with van der Waals surface area (Å²) in [6, 6.07) is 22.2. The van der Waals surface area contributed by atoms with E-state index >= 15 is 0 Å². The number of hydrogen-bond donors (Lipinski definition) is 1. The fourth-order valence-electron chi connectivity index (χ4n) is 3.17. The number of benzene rings is 2. The summed E-state index contributed by atoms with van der Waals surface area (Å²) in [5, 5.41) is 15.7. The summed E-state index contributed by atoms with van der Waals surface area (Å²) in [5.74, 6) is -0.520. The average molecular weight is 410 g/mol. The quantitative estimate of drug-likeness (QED) is 0.479. The molecule has 0 aliphatic carbocycles. The Morgan fingerprint density at radius 3 is 2.42 bits per heavy atom. The van der Waals surface area contributed by atoms with Gasteiger partial charge in [-0.2, -0.15) is 9.61 Å². The van der Waals surface area contributed by atoms with Gasteiger partial charge in [0.15, 0.2) is 5.65 Å². The molecule has 0 saturated carbocycles. The Labute approximate surface area is 176 Å². The normalized spacial score (nSPS) is 10.9. The van der Waals surface area contributed by atoms with Crippen molar-refractivity contribution >= 4 is 17.2 Å². The molecule has 5 aromatic rings. The summed E-state index contributed by atoms with van der Waals surface area (Å²) in [5.41, 5.74) is 3.37. The van der Waals surface area contributed by atoms with Gasteiger partial charge in [0.25, 0.3) is 5.91 Å². The molecule has 0 bridgehead atoms. The summed E-state index contributed by atoms with van der Waals surface area (Å²) in [7, 11) is 0. The van der Waals surface area contributed by atoms with Crippen LogP contribution in [0.1, 0.15) is 10.4 Å². The molecule has 2 aromatic carbocycles. The number of carbonyl (C=O) groups excluding carboxylic acids is 1. The van der Waals surface area contributed by atoms with Crippen LogP contribution in [0.15, 0.2) is 85.1 Å². The van der Waals surface area contributed by atoms with Gasteiger partial charge in [-0.25, -0.2) is 4.39 Å². The van der Waals surface area contributed by atoms with Gasteiger partial charge in [0, 0.05) is 17.4 Å². The Morgan fingerprint density at radius 2 is 1.65 bits per heavy atom. The van der Waals surface area contributed by atoms with E-state index in [1.165, 1.54) is 12.1 Å². The number of aromatic nitrogens is 5. The molecule has 0 saturated heterocycles. The molecule has 0 radical (unpaired) electrons. The van der Waals surface area contributed by atoms with E-state index in [9.17, 15) is 9.18 Å². The lowest BCUT2D eigenvalue weighted by Gasteiger charge is -2.07. The highest BCUT2D eigenvalue weighted by molar-refractivity contribution is 6.04. The van der Waals surface area contributed by atoms with Crippen molar-refractivity contribution in [2.24, 2.45) is 0 Å². The zero-order chi connectivity index (χ0) is 21.2. The third kappa shape index (κ3) is 3.62. The fraction of sp³-hybridized carbons (Fsp3) is 0. The first-order valence-corrected chi connectivity index (χ1v) is 9.49. The third-order valence-electron chi connectivity index (χ3n) is 4.71. The maximum atomic E-state index is 13.8. The Balaban J connectivity index is 1.42. The van der Waals surface area contributed by atoms with Crippen LogP contribution in [0.25, 0.3) is 28.4 Å². The van der Waals surface area contributed by atoms with Crippen molar-refractivity contribution in [3.05, 3.63) is 96.4 Å². The van der Waals surface area contributed by atoms with Crippen molar-refractivity contribution in [2.45, 2.75) is 0 Å². The lowest BCUT2D eigenvalue weighted by atomic mass is 10.1. The second-order valence-corrected chi connectivity index (χ2v) is 6.74. The average Bonchev–Trinajstić information content (AvgIpc) is 3.24. The number of halogens is 1. The van der Waals surface area contributed by atoms with Gasteiger partial charge in [0.05, 0.1) is 11.3 Å². The number of pyridine rings is 1. The SMILES string of the molecule is O=C(Nc1ccc(-c2ccc3nnc(-c4ccccn4)n3n2)cc1)c1ccccc1F. The molecule has 3 heterocycles. The smallest absolute Gasteiger partial charge is 0.258 e. The van der Waals surface area contributed by atoms with Crippen LogP contribution < -0.4 is 5.32 Å². The number of anilines is 1. The molecule has 0 spiro atoms. The minimum absolute atomic E-state index is 0.00615. The molecule has 1 amide bonds. The predicted octanol–water partition coefficient (Wildman–Crippen LogP) is 4.24. The Bertz CT molecular complexity index is 1380. The van der Waals surface area contributed by atoms with Crippen LogP contribution in [0.2, 0.25) is 0 Å². The highest BCUT2D eigenvalue weighted by Gasteiger charge is 2.13. The van der Waals surface area contributed by atoms with Crippen molar-refractivity contribution in [3.8, 4) is 22.8 Å². The topological polar surface area (TPSA) is 85.1 Å². The van der Waals surface area contributed by atoms with E-state index in [0.717, 1.165) is 5.56 Å². The summed E-state index contributed by atoms with van der Waals surface area (Å²) >= 11 is 0. The first-order chi connectivity index (χ1) is 15.2. The molecule has 0 aliphatic heterocycles. The van der Waals surface area contributed by atoms with Crippen molar-refractivity contribution in [3.63, 3.8) is 0 Å². The molecular weight excluding hydrogens is 395 g/mol. The second-order valence-electron chi connectivity index (χ2n) is 6.74. The second kappa shape index (κ2) is 7.75. The predicted molar refractivity (Wildman–Crippen MR) is 114 cm³/mol. The van der Waals surface area contributed by atoms with Crippen LogP contribution in [0, 0.1) is 5.82 Å². The van der Waals surface area contributed by atoms with E-state index < -0.39 is 11.7 Å². The first kappa shape index (κ1) is 18.6. The molecule has 0 aliphatic rings. The van der Waals surface area contributed by atoms with Gasteiger partial charge in [0.2, 0.25) is 5.82 Å². The lowest BCUT2D eigenvalue weighted by Crippen LogP contribution is -2.13. The van der Waals surface area contributed by atoms with E-state index in [0.29, 0.717) is 28.5 Å². The van der Waals surface area contributed by atoms with Gasteiger partial charge in [-0.15, -0.1) is 10.2 Å². The van der Waals surface area contributed by atoms with E-state index in [2.05, 4.69) is 25.6 Å². The van der Waals surface area contributed by atoms with Crippen LogP contribution in [-0.2, 0) is 0 Å². The van der Waals surface area contributed by atoms with Gasteiger partial charge in [-0.05, 0) is 48.5 Å². The maximum Gasteiger partial charge on any atom is 0.258 e. The number of rotatable bonds is 4. The molecule has 0 unspecified atom stereocenters. The zero-order valence-electron chi connectivity index (χ0n) is 16.1. The molecule has 7 nitrogen and oxygen atoms in total. The fourth-order valence-corrected chi connectivity index (χ4v) is 3.17. The summed E-state index contributed by atoms with van der Waals surface area (Å²) in [6.45, 7) is 0. The number of nitrogens with zero attached hydrogens (tertiary/aromatic N) is 5. The van der Waals surface area contributed by atoms with Crippen LogP contribution in [0.4, 0.5) is 10.1 Å². The summed E-state index contributed by atoms with van der Waals surface area (Å²) in [4.78, 5) is 16.6. The van der Waals surface area contributed by atoms with Gasteiger partial charge in [-0.1, -0.05) is 30.3 Å².